The molecule has 0 fully saturated rings. The van der Waals surface area contributed by atoms with E-state index in [1.54, 1.807) is 33.9 Å². The molecule has 0 bridgehead atoms. The maximum Gasteiger partial charge on any atom is 0.416 e. The van der Waals surface area contributed by atoms with E-state index in [2.05, 4.69) is 10.1 Å². The van der Waals surface area contributed by atoms with Gasteiger partial charge in [-0.15, -0.1) is 0 Å². The minimum absolute atomic E-state index is 0.381. The number of hydrogen-bond donors (Lipinski definition) is 0. The van der Waals surface area contributed by atoms with Gasteiger partial charge in [0.15, 0.2) is 4.80 Å². The molecule has 0 atom stereocenters. The molecule has 0 aliphatic rings. The zero-order chi connectivity index (χ0) is 18.0. The second kappa shape index (κ2) is 6.67. The highest BCUT2D eigenvalue weighted by atomic mass is 32.1. The Labute approximate surface area is 144 Å². The summed E-state index contributed by atoms with van der Waals surface area (Å²) in [5.41, 5.74) is -0.232. The molecule has 2 heterocycles. The first-order valence-corrected chi connectivity index (χ1v) is 8.06. The molecule has 1 amide bonds. The van der Waals surface area contributed by atoms with E-state index in [1.807, 2.05) is 0 Å². The van der Waals surface area contributed by atoms with Crippen LogP contribution in [0, 0.1) is 0 Å². The van der Waals surface area contributed by atoms with Crippen LogP contribution >= 0.6 is 11.3 Å². The normalized spacial score (nSPS) is 12.6. The van der Waals surface area contributed by atoms with E-state index in [0.717, 1.165) is 17.0 Å². The number of thiazole rings is 1. The van der Waals surface area contributed by atoms with Crippen molar-refractivity contribution in [2.24, 2.45) is 4.99 Å². The second-order valence-corrected chi connectivity index (χ2v) is 6.32. The van der Waals surface area contributed by atoms with E-state index in [9.17, 15) is 18.0 Å². The average molecular weight is 366 g/mol. The number of carbonyl (C=O) groups is 1. The smallest absolute Gasteiger partial charge is 0.292 e. The molecule has 0 unspecified atom stereocenters. The van der Waals surface area contributed by atoms with E-state index in [4.69, 9.17) is 0 Å². The minimum Gasteiger partial charge on any atom is -0.292 e. The molecule has 1 aromatic carbocycles. The lowest BCUT2D eigenvalue weighted by Gasteiger charge is -2.08. The van der Waals surface area contributed by atoms with Gasteiger partial charge < -0.3 is 0 Å². The van der Waals surface area contributed by atoms with Gasteiger partial charge in [-0.05, 0) is 30.3 Å². The highest BCUT2D eigenvalue weighted by molar-refractivity contribution is 7.09. The van der Waals surface area contributed by atoms with Crippen LogP contribution in [-0.2, 0) is 17.5 Å². The molecule has 9 heteroatoms. The fraction of sp³-hybridized carbons (Fsp3) is 0.188. The third kappa shape index (κ3) is 4.05. The van der Waals surface area contributed by atoms with Crippen LogP contribution < -0.4 is 4.80 Å². The van der Waals surface area contributed by atoms with Crippen molar-refractivity contribution in [1.82, 2.24) is 14.3 Å². The second-order valence-electron chi connectivity index (χ2n) is 5.23. The summed E-state index contributed by atoms with van der Waals surface area (Å²) in [5.74, 6) is -0.381. The fourth-order valence-corrected chi connectivity index (χ4v) is 3.25. The third-order valence-electron chi connectivity index (χ3n) is 3.30. The van der Waals surface area contributed by atoms with Crippen molar-refractivity contribution >= 4 is 17.2 Å². The molecule has 0 spiro atoms. The van der Waals surface area contributed by atoms with Crippen molar-refractivity contribution in [2.75, 3.05) is 0 Å². The minimum atomic E-state index is -4.39. The van der Waals surface area contributed by atoms with Crippen LogP contribution in [0.25, 0.3) is 5.69 Å². The third-order valence-corrected chi connectivity index (χ3v) is 4.27. The van der Waals surface area contributed by atoms with Crippen LogP contribution in [0.1, 0.15) is 17.4 Å². The highest BCUT2D eigenvalue weighted by Gasteiger charge is 2.30. The number of nitrogens with zero attached hydrogens (tertiary/aromatic N) is 4. The van der Waals surface area contributed by atoms with Gasteiger partial charge in [-0.25, -0.2) is 0 Å². The molecular formula is C16H13F3N4OS. The summed E-state index contributed by atoms with van der Waals surface area (Å²) in [5, 5.41) is 4.11. The first kappa shape index (κ1) is 17.2. The monoisotopic (exact) mass is 366 g/mol. The summed E-state index contributed by atoms with van der Waals surface area (Å²) in [7, 11) is 0. The number of alkyl halides is 3. The van der Waals surface area contributed by atoms with E-state index in [1.165, 1.54) is 30.4 Å². The average Bonchev–Trinajstić information content (AvgIpc) is 3.16. The van der Waals surface area contributed by atoms with Crippen molar-refractivity contribution in [3.05, 3.63) is 64.2 Å². The number of halogens is 3. The topological polar surface area (TPSA) is 52.2 Å². The Morgan fingerprint density at radius 2 is 2.00 bits per heavy atom. The summed E-state index contributed by atoms with van der Waals surface area (Å²) in [4.78, 5) is 16.6. The van der Waals surface area contributed by atoms with Gasteiger partial charge in [-0.2, -0.15) is 23.3 Å². The molecule has 2 aromatic heterocycles. The SMILES string of the molecule is CC(=O)N=c1sc(Cn2cccn2)cn1-c1ccc(C(F)(F)F)cc1. The molecule has 0 saturated carbocycles. The van der Waals surface area contributed by atoms with Crippen LogP contribution in [0.15, 0.2) is 53.9 Å². The molecule has 0 N–H and O–H groups in total. The lowest BCUT2D eigenvalue weighted by atomic mass is 10.2. The van der Waals surface area contributed by atoms with Gasteiger partial charge >= 0.3 is 6.18 Å². The predicted octanol–water partition coefficient (Wildman–Crippen LogP) is 3.25. The van der Waals surface area contributed by atoms with Gasteiger partial charge in [0, 0.05) is 36.1 Å². The van der Waals surface area contributed by atoms with Crippen molar-refractivity contribution < 1.29 is 18.0 Å². The Morgan fingerprint density at radius 1 is 1.28 bits per heavy atom. The van der Waals surface area contributed by atoms with E-state index < -0.39 is 11.7 Å². The van der Waals surface area contributed by atoms with E-state index >= 15 is 0 Å². The first-order chi connectivity index (χ1) is 11.8. The van der Waals surface area contributed by atoms with Gasteiger partial charge in [0.1, 0.15) is 0 Å². The summed E-state index contributed by atoms with van der Waals surface area (Å²) in [6, 6.07) is 6.51. The summed E-state index contributed by atoms with van der Waals surface area (Å²) in [6.07, 6.45) is 0.800. The number of aromatic nitrogens is 3. The first-order valence-electron chi connectivity index (χ1n) is 7.24. The Morgan fingerprint density at radius 3 is 2.56 bits per heavy atom. The van der Waals surface area contributed by atoms with Gasteiger partial charge in [-0.3, -0.25) is 14.0 Å². The van der Waals surface area contributed by atoms with Gasteiger partial charge in [-0.1, -0.05) is 11.3 Å². The summed E-state index contributed by atoms with van der Waals surface area (Å²) < 4.78 is 41.4. The quantitative estimate of drug-likeness (QED) is 0.715. The fourth-order valence-electron chi connectivity index (χ4n) is 2.23. The maximum atomic E-state index is 12.7. The van der Waals surface area contributed by atoms with Crippen LogP contribution in [0.3, 0.4) is 0 Å². The van der Waals surface area contributed by atoms with Crippen LogP contribution in [-0.4, -0.2) is 20.3 Å². The van der Waals surface area contributed by atoms with Crippen molar-refractivity contribution in [3.63, 3.8) is 0 Å². The zero-order valence-corrected chi connectivity index (χ0v) is 13.9. The number of hydrogen-bond acceptors (Lipinski definition) is 3. The van der Waals surface area contributed by atoms with Crippen LogP contribution in [0.4, 0.5) is 13.2 Å². The van der Waals surface area contributed by atoms with Crippen molar-refractivity contribution in [3.8, 4) is 5.69 Å². The summed E-state index contributed by atoms with van der Waals surface area (Å²) >= 11 is 1.28. The predicted molar refractivity (Wildman–Crippen MR) is 86.2 cm³/mol. The molecule has 0 aliphatic heterocycles. The molecule has 0 saturated heterocycles. The highest BCUT2D eigenvalue weighted by Crippen LogP contribution is 2.29. The molecular weight excluding hydrogens is 353 g/mol. The standard InChI is InChI=1S/C16H13F3N4OS/c1-11(24)21-15-23(10-14(25-15)9-22-8-2-7-20-22)13-5-3-12(4-6-13)16(17,18)19/h2-8,10H,9H2,1H3. The van der Waals surface area contributed by atoms with E-state index in [-0.39, 0.29) is 5.91 Å². The van der Waals surface area contributed by atoms with E-state index in [0.29, 0.717) is 17.0 Å². The lowest BCUT2D eigenvalue weighted by molar-refractivity contribution is -0.137. The van der Waals surface area contributed by atoms with Crippen molar-refractivity contribution in [1.29, 1.82) is 0 Å². The van der Waals surface area contributed by atoms with Crippen molar-refractivity contribution in [2.45, 2.75) is 19.6 Å². The summed E-state index contributed by atoms with van der Waals surface area (Å²) in [6.45, 7) is 1.80. The maximum absolute atomic E-state index is 12.7. The molecule has 3 aromatic rings. The Bertz CT molecular complexity index is 937. The number of amides is 1. The molecule has 130 valence electrons. The molecule has 5 nitrogen and oxygen atoms in total. The lowest BCUT2D eigenvalue weighted by Crippen LogP contribution is -2.14. The molecule has 3 rings (SSSR count). The molecule has 0 aliphatic carbocycles. The number of benzene rings is 1. The molecule has 25 heavy (non-hydrogen) atoms. The van der Waals surface area contributed by atoms with Gasteiger partial charge in [0.25, 0.3) is 0 Å². The Kier molecular flexibility index (Phi) is 4.58. The zero-order valence-electron chi connectivity index (χ0n) is 13.1. The number of carbonyl (C=O) groups excluding carboxylic acids is 1. The largest absolute Gasteiger partial charge is 0.416 e. The van der Waals surface area contributed by atoms with Crippen LogP contribution in [0.5, 0.6) is 0 Å². The Hall–Kier alpha value is -2.68. The number of rotatable bonds is 3. The van der Waals surface area contributed by atoms with Crippen LogP contribution in [0.2, 0.25) is 0 Å². The Balaban J connectivity index is 2.02. The molecule has 0 radical (unpaired) electrons. The van der Waals surface area contributed by atoms with Gasteiger partial charge in [0.2, 0.25) is 5.91 Å². The van der Waals surface area contributed by atoms with Gasteiger partial charge in [0.05, 0.1) is 12.1 Å².